The Morgan fingerprint density at radius 3 is 2.73 bits per heavy atom. The van der Waals surface area contributed by atoms with E-state index in [1.54, 1.807) is 0 Å². The summed E-state index contributed by atoms with van der Waals surface area (Å²) < 4.78 is 0. The van der Waals surface area contributed by atoms with Gasteiger partial charge in [0.15, 0.2) is 0 Å². The van der Waals surface area contributed by atoms with Crippen LogP contribution in [0.5, 0.6) is 0 Å². The molecule has 0 atom stereocenters. The van der Waals surface area contributed by atoms with Crippen molar-refractivity contribution in [3.63, 3.8) is 0 Å². The molecule has 1 heteroatoms. The van der Waals surface area contributed by atoms with E-state index in [9.17, 15) is 0 Å². The molecule has 57 valence electrons. The number of anilines is 1. The maximum Gasteiger partial charge on any atom is 0.0340 e. The first kappa shape index (κ1) is 6.71. The van der Waals surface area contributed by atoms with Gasteiger partial charge in [0.25, 0.3) is 0 Å². The zero-order chi connectivity index (χ0) is 7.52. The topological polar surface area (TPSA) is 12.0 Å². The minimum Gasteiger partial charge on any atom is -0.385 e. The van der Waals surface area contributed by atoms with E-state index in [1.807, 2.05) is 12.1 Å². The van der Waals surface area contributed by atoms with Crippen molar-refractivity contribution < 1.29 is 0 Å². The Morgan fingerprint density at radius 2 is 2.09 bits per heavy atom. The van der Waals surface area contributed by atoms with E-state index < -0.39 is 0 Å². The molecule has 1 fully saturated rings. The molecule has 1 radical (unpaired) electrons. The van der Waals surface area contributed by atoms with Gasteiger partial charge in [-0.1, -0.05) is 12.1 Å². The fourth-order valence-electron chi connectivity index (χ4n) is 1.09. The van der Waals surface area contributed by atoms with E-state index in [0.717, 1.165) is 12.5 Å². The third-order valence-corrected chi connectivity index (χ3v) is 2.01. The molecule has 0 unspecified atom stereocenters. The molecule has 1 saturated carbocycles. The Balaban J connectivity index is 1.85. The summed E-state index contributed by atoms with van der Waals surface area (Å²) in [5.41, 5.74) is 1.22. The Bertz CT molecular complexity index is 214. The standard InChI is InChI=1S/C10H12N/c1-2-4-10(5-3-1)11-8-9-6-7-9/h2-5,9,11H,6-8H2. The van der Waals surface area contributed by atoms with Gasteiger partial charge in [-0.15, -0.1) is 0 Å². The number of benzene rings is 1. The average molecular weight is 146 g/mol. The van der Waals surface area contributed by atoms with E-state index in [2.05, 4.69) is 23.5 Å². The molecule has 1 aliphatic carbocycles. The summed E-state index contributed by atoms with van der Waals surface area (Å²) in [4.78, 5) is 0. The fourth-order valence-corrected chi connectivity index (χ4v) is 1.09. The predicted octanol–water partition coefficient (Wildman–Crippen LogP) is 2.31. The van der Waals surface area contributed by atoms with Gasteiger partial charge < -0.3 is 5.32 Å². The molecule has 11 heavy (non-hydrogen) atoms. The maximum atomic E-state index is 3.39. The smallest absolute Gasteiger partial charge is 0.0340 e. The summed E-state index contributed by atoms with van der Waals surface area (Å²) in [5.74, 6) is 0.944. The van der Waals surface area contributed by atoms with Crippen LogP contribution in [-0.4, -0.2) is 6.54 Å². The highest BCUT2D eigenvalue weighted by atomic mass is 14.9. The van der Waals surface area contributed by atoms with Gasteiger partial charge in [-0.3, -0.25) is 0 Å². The summed E-state index contributed by atoms with van der Waals surface area (Å²) in [6, 6.07) is 11.0. The van der Waals surface area contributed by atoms with Crippen LogP contribution in [-0.2, 0) is 0 Å². The average Bonchev–Trinajstić information content (AvgIpc) is 2.86. The van der Waals surface area contributed by atoms with Gasteiger partial charge in [-0.05, 0) is 37.0 Å². The summed E-state index contributed by atoms with van der Waals surface area (Å²) >= 11 is 0. The second kappa shape index (κ2) is 2.95. The van der Waals surface area contributed by atoms with Crippen molar-refractivity contribution in [3.05, 3.63) is 30.3 Å². The van der Waals surface area contributed by atoms with Crippen LogP contribution in [0.2, 0.25) is 0 Å². The van der Waals surface area contributed by atoms with Crippen LogP contribution in [0.15, 0.2) is 24.3 Å². The van der Waals surface area contributed by atoms with Crippen molar-refractivity contribution in [2.75, 3.05) is 11.9 Å². The predicted molar refractivity (Wildman–Crippen MR) is 46.5 cm³/mol. The van der Waals surface area contributed by atoms with Crippen LogP contribution in [0.3, 0.4) is 0 Å². The zero-order valence-electron chi connectivity index (χ0n) is 6.51. The Hall–Kier alpha value is -0.980. The van der Waals surface area contributed by atoms with Crippen molar-refractivity contribution in [3.8, 4) is 0 Å². The molecule has 1 aliphatic rings. The molecule has 1 aromatic carbocycles. The summed E-state index contributed by atoms with van der Waals surface area (Å²) in [6.45, 7) is 1.14. The first-order valence-corrected chi connectivity index (χ1v) is 4.15. The zero-order valence-corrected chi connectivity index (χ0v) is 6.51. The molecule has 0 aliphatic heterocycles. The van der Waals surface area contributed by atoms with Crippen LogP contribution in [0, 0.1) is 12.0 Å². The van der Waals surface area contributed by atoms with E-state index >= 15 is 0 Å². The van der Waals surface area contributed by atoms with Crippen LogP contribution >= 0.6 is 0 Å². The second-order valence-corrected chi connectivity index (χ2v) is 3.11. The van der Waals surface area contributed by atoms with Gasteiger partial charge in [0.05, 0.1) is 0 Å². The van der Waals surface area contributed by atoms with E-state index in [1.165, 1.54) is 18.5 Å². The van der Waals surface area contributed by atoms with Gasteiger partial charge in [0.2, 0.25) is 0 Å². The summed E-state index contributed by atoms with van der Waals surface area (Å²) in [7, 11) is 0. The van der Waals surface area contributed by atoms with E-state index in [-0.39, 0.29) is 0 Å². The Morgan fingerprint density at radius 1 is 1.36 bits per heavy atom. The number of nitrogens with one attached hydrogen (secondary N) is 1. The van der Waals surface area contributed by atoms with Crippen molar-refractivity contribution in [1.82, 2.24) is 0 Å². The molecule has 1 N–H and O–H groups in total. The highest BCUT2D eigenvalue weighted by molar-refractivity contribution is 5.42. The van der Waals surface area contributed by atoms with Crippen LogP contribution in [0.25, 0.3) is 0 Å². The summed E-state index contributed by atoms with van der Waals surface area (Å²) in [5, 5.41) is 3.39. The molecular weight excluding hydrogens is 134 g/mol. The quantitative estimate of drug-likeness (QED) is 0.690. The van der Waals surface area contributed by atoms with Gasteiger partial charge >= 0.3 is 0 Å². The number of rotatable bonds is 3. The van der Waals surface area contributed by atoms with Crippen molar-refractivity contribution >= 4 is 5.69 Å². The lowest BCUT2D eigenvalue weighted by atomic mass is 10.3. The Labute approximate surface area is 67.4 Å². The molecule has 1 nitrogen and oxygen atoms in total. The lowest BCUT2D eigenvalue weighted by Crippen LogP contribution is -2.02. The maximum absolute atomic E-state index is 3.39. The minimum absolute atomic E-state index is 0.944. The number of hydrogen-bond donors (Lipinski definition) is 1. The molecule has 1 aromatic rings. The molecule has 0 spiro atoms. The van der Waals surface area contributed by atoms with Crippen molar-refractivity contribution in [2.24, 2.45) is 5.92 Å². The van der Waals surface area contributed by atoms with Gasteiger partial charge in [-0.25, -0.2) is 0 Å². The first-order valence-electron chi connectivity index (χ1n) is 4.15. The van der Waals surface area contributed by atoms with Gasteiger partial charge in [0.1, 0.15) is 0 Å². The van der Waals surface area contributed by atoms with Crippen molar-refractivity contribution in [1.29, 1.82) is 0 Å². The molecule has 0 heterocycles. The molecule has 2 rings (SSSR count). The number of hydrogen-bond acceptors (Lipinski definition) is 1. The van der Waals surface area contributed by atoms with Crippen molar-refractivity contribution in [2.45, 2.75) is 12.8 Å². The normalized spacial score (nSPS) is 16.4. The third-order valence-electron chi connectivity index (χ3n) is 2.01. The molecular formula is C10H12N. The molecule has 0 saturated heterocycles. The third kappa shape index (κ3) is 1.97. The largest absolute Gasteiger partial charge is 0.385 e. The van der Waals surface area contributed by atoms with Crippen LogP contribution in [0.1, 0.15) is 12.8 Å². The minimum atomic E-state index is 0.944. The van der Waals surface area contributed by atoms with E-state index in [4.69, 9.17) is 0 Å². The van der Waals surface area contributed by atoms with Crippen LogP contribution in [0.4, 0.5) is 5.69 Å². The van der Waals surface area contributed by atoms with Gasteiger partial charge in [-0.2, -0.15) is 0 Å². The molecule has 0 bridgehead atoms. The monoisotopic (exact) mass is 146 g/mol. The lowest BCUT2D eigenvalue weighted by molar-refractivity contribution is 0.889. The fraction of sp³-hybridized carbons (Fsp3) is 0.400. The first-order chi connectivity index (χ1) is 5.45. The molecule has 0 amide bonds. The SMILES string of the molecule is [c]1ccc(NCC2CC2)cc1. The highest BCUT2D eigenvalue weighted by Gasteiger charge is 2.20. The van der Waals surface area contributed by atoms with E-state index in [0.29, 0.717) is 0 Å². The second-order valence-electron chi connectivity index (χ2n) is 3.11. The van der Waals surface area contributed by atoms with Crippen LogP contribution < -0.4 is 5.32 Å². The van der Waals surface area contributed by atoms with Gasteiger partial charge in [0, 0.05) is 12.2 Å². The lowest BCUT2D eigenvalue weighted by Gasteiger charge is -2.02. The Kier molecular flexibility index (Phi) is 1.80. The summed E-state index contributed by atoms with van der Waals surface area (Å²) in [6.07, 6.45) is 2.82. The molecule has 0 aromatic heterocycles. The highest BCUT2D eigenvalue weighted by Crippen LogP contribution is 2.28.